The molecule has 0 saturated carbocycles. The smallest absolute Gasteiger partial charge is 0.251 e. The summed E-state index contributed by atoms with van der Waals surface area (Å²) in [5, 5.41) is 2.93. The first kappa shape index (κ1) is 18.1. The van der Waals surface area contributed by atoms with E-state index in [-0.39, 0.29) is 11.2 Å². The van der Waals surface area contributed by atoms with Crippen molar-refractivity contribution in [3.63, 3.8) is 0 Å². The van der Waals surface area contributed by atoms with Gasteiger partial charge in [-0.25, -0.2) is 0 Å². The lowest BCUT2D eigenvalue weighted by Crippen LogP contribution is -2.27. The van der Waals surface area contributed by atoms with Gasteiger partial charge in [-0.3, -0.25) is 14.0 Å². The van der Waals surface area contributed by atoms with Crippen molar-refractivity contribution < 1.29 is 13.7 Å². The highest BCUT2D eigenvalue weighted by Gasteiger charge is 2.13. The van der Waals surface area contributed by atoms with Gasteiger partial charge >= 0.3 is 0 Å². The normalized spacial score (nSPS) is 13.1. The Morgan fingerprint density at radius 1 is 1.33 bits per heavy atom. The fraction of sp³-hybridized carbons (Fsp3) is 0.333. The molecule has 0 bridgehead atoms. The molecule has 6 heteroatoms. The number of ether oxygens (including phenoxy) is 1. The van der Waals surface area contributed by atoms with E-state index in [2.05, 4.69) is 10.3 Å². The van der Waals surface area contributed by atoms with Crippen LogP contribution in [0.3, 0.4) is 0 Å². The van der Waals surface area contributed by atoms with Gasteiger partial charge in [-0.1, -0.05) is 13.0 Å². The molecule has 0 saturated heterocycles. The fourth-order valence-electron chi connectivity index (χ4n) is 2.23. The van der Waals surface area contributed by atoms with E-state index in [4.69, 9.17) is 4.74 Å². The average Bonchev–Trinajstić information content (AvgIpc) is 2.61. The van der Waals surface area contributed by atoms with Gasteiger partial charge in [0.15, 0.2) is 0 Å². The lowest BCUT2D eigenvalue weighted by atomic mass is 10.1. The predicted octanol–water partition coefficient (Wildman–Crippen LogP) is 2.64. The molecule has 0 fully saturated rings. The number of nitrogens with one attached hydrogen (secondary N) is 1. The maximum atomic E-state index is 12.3. The monoisotopic (exact) mass is 346 g/mol. The van der Waals surface area contributed by atoms with Gasteiger partial charge < -0.3 is 10.1 Å². The highest BCUT2D eigenvalue weighted by atomic mass is 32.2. The van der Waals surface area contributed by atoms with Crippen LogP contribution in [0, 0.1) is 0 Å². The van der Waals surface area contributed by atoms with Crippen LogP contribution in [0.25, 0.3) is 11.3 Å². The molecule has 1 heterocycles. The van der Waals surface area contributed by atoms with Crippen molar-refractivity contribution in [3.05, 3.63) is 48.2 Å². The molecule has 0 radical (unpaired) electrons. The van der Waals surface area contributed by atoms with Gasteiger partial charge in [0.25, 0.3) is 5.91 Å². The lowest BCUT2D eigenvalue weighted by Gasteiger charge is -2.12. The van der Waals surface area contributed by atoms with Crippen molar-refractivity contribution in [2.24, 2.45) is 0 Å². The Hall–Kier alpha value is -2.21. The number of carbonyl (C=O) groups excluding carboxylic acids is 1. The first-order chi connectivity index (χ1) is 11.5. The highest BCUT2D eigenvalue weighted by molar-refractivity contribution is 7.84. The minimum absolute atomic E-state index is 0.0604. The third-order valence-corrected chi connectivity index (χ3v) is 5.17. The van der Waals surface area contributed by atoms with Crippen LogP contribution in [0.15, 0.2) is 42.6 Å². The number of methoxy groups -OCH3 is 1. The predicted molar refractivity (Wildman–Crippen MR) is 96.7 cm³/mol. The summed E-state index contributed by atoms with van der Waals surface area (Å²) in [6, 6.07) is 10.9. The molecule has 1 aromatic heterocycles. The molecule has 128 valence electrons. The summed E-state index contributed by atoms with van der Waals surface area (Å²) >= 11 is 0. The van der Waals surface area contributed by atoms with Crippen LogP contribution in [0.2, 0.25) is 0 Å². The lowest BCUT2D eigenvalue weighted by molar-refractivity contribution is 0.0953. The molecule has 1 aromatic carbocycles. The van der Waals surface area contributed by atoms with E-state index in [1.165, 1.54) is 0 Å². The van der Waals surface area contributed by atoms with Gasteiger partial charge in [-0.2, -0.15) is 0 Å². The number of aromatic nitrogens is 1. The van der Waals surface area contributed by atoms with Crippen LogP contribution in [-0.2, 0) is 10.8 Å². The second-order valence-electron chi connectivity index (χ2n) is 5.48. The van der Waals surface area contributed by atoms with Crippen molar-refractivity contribution in [3.8, 4) is 17.0 Å². The maximum Gasteiger partial charge on any atom is 0.251 e. The number of hydrogen-bond acceptors (Lipinski definition) is 4. The van der Waals surface area contributed by atoms with Gasteiger partial charge in [0.05, 0.1) is 12.8 Å². The summed E-state index contributed by atoms with van der Waals surface area (Å²) in [4.78, 5) is 16.6. The van der Waals surface area contributed by atoms with E-state index in [1.807, 2.05) is 25.1 Å². The number of rotatable bonds is 7. The second kappa shape index (κ2) is 8.59. The zero-order valence-corrected chi connectivity index (χ0v) is 14.9. The molecule has 1 N–H and O–H groups in total. The molecule has 2 atom stereocenters. The van der Waals surface area contributed by atoms with E-state index in [9.17, 15) is 9.00 Å². The molecular weight excluding hydrogens is 324 g/mol. The summed E-state index contributed by atoms with van der Waals surface area (Å²) in [7, 11) is 0.712. The Labute approximate surface area is 144 Å². The molecule has 0 aliphatic heterocycles. The van der Waals surface area contributed by atoms with E-state index in [1.54, 1.807) is 37.8 Å². The van der Waals surface area contributed by atoms with Crippen LogP contribution < -0.4 is 10.1 Å². The van der Waals surface area contributed by atoms with Crippen LogP contribution in [0.1, 0.15) is 23.7 Å². The quantitative estimate of drug-likeness (QED) is 0.837. The summed E-state index contributed by atoms with van der Waals surface area (Å²) in [6.07, 6.45) is 4.06. The van der Waals surface area contributed by atoms with E-state index >= 15 is 0 Å². The molecule has 2 rings (SSSR count). The summed E-state index contributed by atoms with van der Waals surface area (Å²) in [6.45, 7) is 2.40. The molecule has 0 aliphatic carbocycles. The van der Waals surface area contributed by atoms with Gasteiger partial charge in [0.2, 0.25) is 0 Å². The Bertz CT molecular complexity index is 719. The molecular formula is C18H22N2O3S. The van der Waals surface area contributed by atoms with Crippen LogP contribution in [0.4, 0.5) is 0 Å². The van der Waals surface area contributed by atoms with Crippen molar-refractivity contribution >= 4 is 16.7 Å². The van der Waals surface area contributed by atoms with Crippen LogP contribution in [0.5, 0.6) is 5.75 Å². The average molecular weight is 346 g/mol. The third-order valence-electron chi connectivity index (χ3n) is 3.81. The van der Waals surface area contributed by atoms with Crippen molar-refractivity contribution in [2.75, 3.05) is 19.9 Å². The highest BCUT2D eigenvalue weighted by Crippen LogP contribution is 2.29. The Balaban J connectivity index is 2.13. The molecule has 24 heavy (non-hydrogen) atoms. The van der Waals surface area contributed by atoms with Crippen molar-refractivity contribution in [1.29, 1.82) is 0 Å². The van der Waals surface area contributed by atoms with Gasteiger partial charge in [-0.05, 0) is 36.8 Å². The number of pyridine rings is 1. The molecule has 1 amide bonds. The van der Waals surface area contributed by atoms with Crippen LogP contribution >= 0.6 is 0 Å². The van der Waals surface area contributed by atoms with E-state index < -0.39 is 10.8 Å². The van der Waals surface area contributed by atoms with E-state index in [0.29, 0.717) is 24.3 Å². The van der Waals surface area contributed by atoms with Gasteiger partial charge in [-0.15, -0.1) is 0 Å². The topological polar surface area (TPSA) is 68.3 Å². The number of benzene rings is 1. The molecule has 0 unspecified atom stereocenters. The number of amides is 1. The zero-order chi connectivity index (χ0) is 17.5. The Kier molecular flexibility index (Phi) is 6.49. The Morgan fingerprint density at radius 2 is 2.12 bits per heavy atom. The van der Waals surface area contributed by atoms with Crippen molar-refractivity contribution in [2.45, 2.75) is 18.6 Å². The minimum Gasteiger partial charge on any atom is -0.496 e. The summed E-state index contributed by atoms with van der Waals surface area (Å²) in [5.74, 6) is 0.504. The number of hydrogen-bond donors (Lipinski definition) is 1. The first-order valence-electron chi connectivity index (χ1n) is 7.72. The number of nitrogens with zero attached hydrogens (tertiary/aromatic N) is 1. The van der Waals surface area contributed by atoms with Crippen molar-refractivity contribution in [1.82, 2.24) is 10.3 Å². The van der Waals surface area contributed by atoms with Gasteiger partial charge in [0.1, 0.15) is 5.75 Å². The molecule has 2 aromatic rings. The minimum atomic E-state index is -0.879. The summed E-state index contributed by atoms with van der Waals surface area (Å²) in [5.41, 5.74) is 2.06. The molecule has 0 aliphatic rings. The standard InChI is InChI=1S/C18H22N2O3S/c1-13(24(3)22)9-11-20-18(21)14-7-8-17(23-2)15(12-14)16-6-4-5-10-19-16/h4-8,10,12-13H,9,11H2,1-3H3,(H,20,21)/t13-,24-/m1/s1. The maximum absolute atomic E-state index is 12.3. The fourth-order valence-corrected chi connectivity index (χ4v) is 2.68. The largest absolute Gasteiger partial charge is 0.496 e. The summed E-state index contributed by atoms with van der Waals surface area (Å²) < 4.78 is 16.7. The molecule has 5 nitrogen and oxygen atoms in total. The second-order valence-corrected chi connectivity index (χ2v) is 7.29. The number of carbonyl (C=O) groups is 1. The zero-order valence-electron chi connectivity index (χ0n) is 14.1. The van der Waals surface area contributed by atoms with E-state index in [0.717, 1.165) is 11.3 Å². The van der Waals surface area contributed by atoms with Gasteiger partial charge in [0, 0.05) is 46.2 Å². The van der Waals surface area contributed by atoms with Crippen LogP contribution in [-0.4, -0.2) is 40.3 Å². The Morgan fingerprint density at radius 3 is 2.75 bits per heavy atom. The SMILES string of the molecule is COc1ccc(C(=O)NCC[C@@H](C)[S@@](C)=O)cc1-c1ccccn1. The first-order valence-corrected chi connectivity index (χ1v) is 9.35. The molecule has 0 spiro atoms. The third kappa shape index (κ3) is 4.64.